The Morgan fingerprint density at radius 1 is 0.933 bits per heavy atom. The minimum absolute atomic E-state index is 0.784. The van der Waals surface area contributed by atoms with Gasteiger partial charge in [0.1, 0.15) is 0 Å². The Bertz CT molecular complexity index is 492. The summed E-state index contributed by atoms with van der Waals surface area (Å²) in [5.74, 6) is 0. The molecule has 0 saturated heterocycles. The van der Waals surface area contributed by atoms with Crippen LogP contribution in [0.1, 0.15) is 25.0 Å². The molecule has 2 rings (SSSR count). The molecule has 1 N–H and O–H groups in total. The summed E-state index contributed by atoms with van der Waals surface area (Å²) in [4.78, 5) is 0. The number of rotatable bonds is 1. The Morgan fingerprint density at radius 3 is 2.13 bits per heavy atom. The van der Waals surface area contributed by atoms with Crippen LogP contribution in [0, 0.1) is 6.92 Å². The molecule has 0 aliphatic carbocycles. The SMILES string of the molecule is Cc1ccc(C(C)(C)O)c2ccccc12. The minimum atomic E-state index is -0.784. The van der Waals surface area contributed by atoms with E-state index in [0.29, 0.717) is 0 Å². The molecular formula is C14H16O. The molecule has 0 saturated carbocycles. The van der Waals surface area contributed by atoms with Crippen molar-refractivity contribution in [1.82, 2.24) is 0 Å². The van der Waals surface area contributed by atoms with Gasteiger partial charge in [-0.3, -0.25) is 0 Å². The fraction of sp³-hybridized carbons (Fsp3) is 0.286. The van der Waals surface area contributed by atoms with Crippen LogP contribution in [0.25, 0.3) is 10.8 Å². The largest absolute Gasteiger partial charge is 0.386 e. The third kappa shape index (κ3) is 1.75. The summed E-state index contributed by atoms with van der Waals surface area (Å²) in [5, 5.41) is 12.4. The zero-order valence-electron chi connectivity index (χ0n) is 9.41. The molecule has 0 bridgehead atoms. The predicted molar refractivity (Wildman–Crippen MR) is 63.9 cm³/mol. The van der Waals surface area contributed by atoms with Crippen LogP contribution in [0.5, 0.6) is 0 Å². The van der Waals surface area contributed by atoms with Crippen molar-refractivity contribution in [1.29, 1.82) is 0 Å². The molecule has 0 fully saturated rings. The van der Waals surface area contributed by atoms with Gasteiger partial charge in [0, 0.05) is 0 Å². The summed E-state index contributed by atoms with van der Waals surface area (Å²) < 4.78 is 0. The van der Waals surface area contributed by atoms with Gasteiger partial charge in [-0.1, -0.05) is 36.4 Å². The molecule has 0 heterocycles. The number of hydrogen-bond donors (Lipinski definition) is 1. The van der Waals surface area contributed by atoms with E-state index in [1.54, 1.807) is 0 Å². The van der Waals surface area contributed by atoms with E-state index in [9.17, 15) is 5.11 Å². The lowest BCUT2D eigenvalue weighted by molar-refractivity contribution is 0.0802. The molecule has 0 aromatic heterocycles. The second kappa shape index (κ2) is 3.35. The fourth-order valence-corrected chi connectivity index (χ4v) is 1.98. The zero-order chi connectivity index (χ0) is 11.1. The smallest absolute Gasteiger partial charge is 0.0846 e. The lowest BCUT2D eigenvalue weighted by atomic mass is 9.91. The van der Waals surface area contributed by atoms with E-state index in [4.69, 9.17) is 0 Å². The number of benzene rings is 2. The molecule has 2 aromatic carbocycles. The Balaban J connectivity index is 2.84. The van der Waals surface area contributed by atoms with Crippen LogP contribution in [-0.2, 0) is 5.60 Å². The molecule has 1 heteroatoms. The lowest BCUT2D eigenvalue weighted by Gasteiger charge is -2.20. The van der Waals surface area contributed by atoms with Gasteiger partial charge in [-0.15, -0.1) is 0 Å². The highest BCUT2D eigenvalue weighted by atomic mass is 16.3. The molecule has 1 nitrogen and oxygen atoms in total. The van der Waals surface area contributed by atoms with Crippen molar-refractivity contribution in [3.8, 4) is 0 Å². The van der Waals surface area contributed by atoms with E-state index < -0.39 is 5.60 Å². The van der Waals surface area contributed by atoms with Crippen LogP contribution in [0.3, 0.4) is 0 Å². The maximum Gasteiger partial charge on any atom is 0.0846 e. The highest BCUT2D eigenvalue weighted by molar-refractivity contribution is 5.89. The predicted octanol–water partition coefficient (Wildman–Crippen LogP) is 3.38. The van der Waals surface area contributed by atoms with Gasteiger partial charge in [0.15, 0.2) is 0 Å². The van der Waals surface area contributed by atoms with E-state index in [2.05, 4.69) is 25.1 Å². The molecule has 2 aromatic rings. The Labute approximate surface area is 90.4 Å². The van der Waals surface area contributed by atoms with Gasteiger partial charge >= 0.3 is 0 Å². The van der Waals surface area contributed by atoms with Crippen molar-refractivity contribution < 1.29 is 5.11 Å². The van der Waals surface area contributed by atoms with Gasteiger partial charge in [-0.25, -0.2) is 0 Å². The molecule has 0 radical (unpaired) electrons. The summed E-state index contributed by atoms with van der Waals surface area (Å²) in [6, 6.07) is 12.3. The Hall–Kier alpha value is -1.34. The summed E-state index contributed by atoms with van der Waals surface area (Å²) in [5.41, 5.74) is 1.45. The summed E-state index contributed by atoms with van der Waals surface area (Å²) in [7, 11) is 0. The van der Waals surface area contributed by atoms with Crippen LogP contribution in [-0.4, -0.2) is 5.11 Å². The number of aryl methyl sites for hydroxylation is 1. The zero-order valence-corrected chi connectivity index (χ0v) is 9.41. The van der Waals surface area contributed by atoms with Gasteiger partial charge in [0.05, 0.1) is 5.60 Å². The van der Waals surface area contributed by atoms with E-state index in [0.717, 1.165) is 10.9 Å². The van der Waals surface area contributed by atoms with Crippen molar-refractivity contribution >= 4 is 10.8 Å². The average molecular weight is 200 g/mol. The van der Waals surface area contributed by atoms with Gasteiger partial charge in [-0.05, 0) is 42.7 Å². The number of hydrogen-bond acceptors (Lipinski definition) is 1. The number of fused-ring (bicyclic) bond motifs is 1. The monoisotopic (exact) mass is 200 g/mol. The summed E-state index contributed by atoms with van der Waals surface area (Å²) >= 11 is 0. The van der Waals surface area contributed by atoms with Crippen LogP contribution in [0.4, 0.5) is 0 Å². The maximum atomic E-state index is 10.1. The molecule has 0 aliphatic rings. The molecular weight excluding hydrogens is 184 g/mol. The van der Waals surface area contributed by atoms with Gasteiger partial charge in [-0.2, -0.15) is 0 Å². The van der Waals surface area contributed by atoms with Crippen LogP contribution in [0.15, 0.2) is 36.4 Å². The third-order valence-corrected chi connectivity index (χ3v) is 2.80. The summed E-state index contributed by atoms with van der Waals surface area (Å²) in [6.07, 6.45) is 0. The molecule has 78 valence electrons. The normalized spacial score (nSPS) is 12.0. The molecule has 15 heavy (non-hydrogen) atoms. The number of aliphatic hydroxyl groups is 1. The van der Waals surface area contributed by atoms with Gasteiger partial charge in [0.2, 0.25) is 0 Å². The summed E-state index contributed by atoms with van der Waals surface area (Å²) in [6.45, 7) is 5.74. The van der Waals surface area contributed by atoms with E-state index in [1.165, 1.54) is 10.9 Å². The Kier molecular flexibility index (Phi) is 2.28. The first-order chi connectivity index (χ1) is 7.00. The first-order valence-corrected chi connectivity index (χ1v) is 5.21. The van der Waals surface area contributed by atoms with Gasteiger partial charge < -0.3 is 5.11 Å². The molecule has 0 aliphatic heterocycles. The topological polar surface area (TPSA) is 20.2 Å². The average Bonchev–Trinajstić information content (AvgIpc) is 2.17. The van der Waals surface area contributed by atoms with E-state index in [1.807, 2.05) is 32.0 Å². The minimum Gasteiger partial charge on any atom is -0.386 e. The van der Waals surface area contributed by atoms with Crippen molar-refractivity contribution in [3.05, 3.63) is 47.5 Å². The van der Waals surface area contributed by atoms with E-state index in [-0.39, 0.29) is 0 Å². The van der Waals surface area contributed by atoms with Crippen LogP contribution in [0.2, 0.25) is 0 Å². The lowest BCUT2D eigenvalue weighted by Crippen LogP contribution is -2.15. The van der Waals surface area contributed by atoms with Crippen LogP contribution >= 0.6 is 0 Å². The third-order valence-electron chi connectivity index (χ3n) is 2.80. The highest BCUT2D eigenvalue weighted by Crippen LogP contribution is 2.29. The highest BCUT2D eigenvalue weighted by Gasteiger charge is 2.18. The van der Waals surface area contributed by atoms with Crippen molar-refractivity contribution in [2.75, 3.05) is 0 Å². The standard InChI is InChI=1S/C14H16O/c1-10-8-9-13(14(2,3)15)12-7-5-4-6-11(10)12/h4-9,15H,1-3H3. The quantitative estimate of drug-likeness (QED) is 0.748. The van der Waals surface area contributed by atoms with Crippen molar-refractivity contribution in [3.63, 3.8) is 0 Å². The van der Waals surface area contributed by atoms with Crippen molar-refractivity contribution in [2.45, 2.75) is 26.4 Å². The molecule has 0 unspecified atom stereocenters. The fourth-order valence-electron chi connectivity index (χ4n) is 1.98. The van der Waals surface area contributed by atoms with E-state index >= 15 is 0 Å². The molecule has 0 amide bonds. The molecule has 0 spiro atoms. The van der Waals surface area contributed by atoms with Crippen LogP contribution < -0.4 is 0 Å². The van der Waals surface area contributed by atoms with Gasteiger partial charge in [0.25, 0.3) is 0 Å². The molecule has 0 atom stereocenters. The Morgan fingerprint density at radius 2 is 1.53 bits per heavy atom. The maximum absolute atomic E-state index is 10.1. The second-order valence-electron chi connectivity index (χ2n) is 4.53. The van der Waals surface area contributed by atoms with Crippen molar-refractivity contribution in [2.24, 2.45) is 0 Å². The first-order valence-electron chi connectivity index (χ1n) is 5.21. The first kappa shape index (κ1) is 10.2. The second-order valence-corrected chi connectivity index (χ2v) is 4.53.